The highest BCUT2D eigenvalue weighted by Crippen LogP contribution is 2.05. The molecule has 0 saturated heterocycles. The number of hydrogen-bond donors (Lipinski definition) is 2. The normalized spacial score (nSPS) is 11.7. The Morgan fingerprint density at radius 3 is 2.38 bits per heavy atom. The minimum atomic E-state index is -1.22. The van der Waals surface area contributed by atoms with Gasteiger partial charge in [0.05, 0.1) is 5.75 Å². The third kappa shape index (κ3) is 6.29. The van der Waals surface area contributed by atoms with Gasteiger partial charge in [-0.25, -0.2) is 4.79 Å². The van der Waals surface area contributed by atoms with Crippen LogP contribution in [0.2, 0.25) is 0 Å². The zero-order chi connectivity index (χ0) is 10.3. The lowest BCUT2D eigenvalue weighted by Gasteiger charge is -2.02. The van der Waals surface area contributed by atoms with Crippen molar-refractivity contribution in [1.82, 2.24) is 0 Å². The van der Waals surface area contributed by atoms with E-state index < -0.39 is 18.0 Å². The summed E-state index contributed by atoms with van der Waals surface area (Å²) in [6, 6.07) is -1.13. The first-order valence-electron chi connectivity index (χ1n) is 3.09. The molecule has 0 aromatic carbocycles. The Morgan fingerprint density at radius 1 is 1.38 bits per heavy atom. The lowest BCUT2D eigenvalue weighted by molar-refractivity contribution is -0.138. The van der Waals surface area contributed by atoms with Crippen molar-refractivity contribution in [1.29, 1.82) is 0 Å². The van der Waals surface area contributed by atoms with Gasteiger partial charge in [0.2, 0.25) is 0 Å². The number of thioether (sulfide) groups is 1. The number of hydrogen-bond acceptors (Lipinski definition) is 5. The summed E-state index contributed by atoms with van der Waals surface area (Å²) < 4.78 is 13.1. The smallest absolute Gasteiger partial charge is 0.330 e. The quantitative estimate of drug-likeness (QED) is 0.640. The number of nitrogens with zero attached hydrogens (tertiary/aromatic N) is 1. The number of aliphatic carboxylic acids is 2. The van der Waals surface area contributed by atoms with Crippen LogP contribution in [0.3, 0.4) is 0 Å². The summed E-state index contributed by atoms with van der Waals surface area (Å²) in [5, 5.41) is 16.7. The monoisotopic (exact) mass is 225 g/mol. The molecule has 1 atom stereocenters. The van der Waals surface area contributed by atoms with Crippen LogP contribution in [0.4, 0.5) is 0 Å². The SMILES string of the molecule is O=S=NC(CSCC(=O)O)C(=O)O. The predicted octanol–water partition coefficient (Wildman–Crippen LogP) is -0.346. The molecule has 0 aliphatic heterocycles. The molecule has 0 bridgehead atoms. The molecule has 0 aliphatic rings. The molecule has 8 heteroatoms. The van der Waals surface area contributed by atoms with Crippen LogP contribution in [0.5, 0.6) is 0 Å². The summed E-state index contributed by atoms with van der Waals surface area (Å²) in [7, 11) is 0. The number of rotatable bonds is 6. The molecule has 0 heterocycles. The Bertz CT molecular complexity index is 247. The van der Waals surface area contributed by atoms with E-state index in [1.54, 1.807) is 0 Å². The Kier molecular flexibility index (Phi) is 6.15. The number of carbonyl (C=O) groups is 2. The molecule has 0 fully saturated rings. The maximum absolute atomic E-state index is 10.4. The van der Waals surface area contributed by atoms with Gasteiger partial charge in [-0.2, -0.15) is 8.57 Å². The molecule has 13 heavy (non-hydrogen) atoms. The Morgan fingerprint density at radius 2 is 2.00 bits per heavy atom. The summed E-state index contributed by atoms with van der Waals surface area (Å²) >= 11 is 0.742. The largest absolute Gasteiger partial charge is 0.481 e. The van der Waals surface area contributed by atoms with Crippen molar-refractivity contribution in [2.75, 3.05) is 11.5 Å². The zero-order valence-corrected chi connectivity index (χ0v) is 8.01. The molecule has 2 N–H and O–H groups in total. The van der Waals surface area contributed by atoms with Gasteiger partial charge in [-0.05, 0) is 0 Å². The Balaban J connectivity index is 3.90. The first-order chi connectivity index (χ1) is 6.07. The van der Waals surface area contributed by atoms with Crippen molar-refractivity contribution >= 4 is 35.2 Å². The molecular formula is C5H7NO5S2. The van der Waals surface area contributed by atoms with E-state index in [9.17, 15) is 13.8 Å². The van der Waals surface area contributed by atoms with Crippen LogP contribution < -0.4 is 0 Å². The van der Waals surface area contributed by atoms with Crippen LogP contribution in [-0.2, 0) is 21.1 Å². The average molecular weight is 225 g/mol. The van der Waals surface area contributed by atoms with Gasteiger partial charge in [0, 0.05) is 5.75 Å². The second-order valence-corrected chi connectivity index (χ2v) is 3.33. The molecule has 0 aromatic heterocycles. The van der Waals surface area contributed by atoms with Crippen molar-refractivity contribution < 1.29 is 24.0 Å². The van der Waals surface area contributed by atoms with E-state index in [4.69, 9.17) is 10.2 Å². The van der Waals surface area contributed by atoms with E-state index in [0.717, 1.165) is 11.8 Å². The summed E-state index contributed by atoms with van der Waals surface area (Å²) in [4.78, 5) is 20.4. The van der Waals surface area contributed by atoms with Crippen LogP contribution >= 0.6 is 11.8 Å². The molecule has 1 unspecified atom stereocenters. The predicted molar refractivity (Wildman–Crippen MR) is 47.0 cm³/mol. The molecule has 74 valence electrons. The van der Waals surface area contributed by atoms with Crippen molar-refractivity contribution in [3.63, 3.8) is 0 Å². The lowest BCUT2D eigenvalue weighted by atomic mass is 10.4. The summed E-state index contributed by atoms with van der Waals surface area (Å²) in [5.41, 5.74) is 0. The van der Waals surface area contributed by atoms with Gasteiger partial charge >= 0.3 is 11.9 Å². The molecule has 0 spiro atoms. The molecule has 0 aliphatic carbocycles. The average Bonchev–Trinajstić information content (AvgIpc) is 2.02. The summed E-state index contributed by atoms with van der Waals surface area (Å²) in [5.74, 6) is -2.44. The van der Waals surface area contributed by atoms with Gasteiger partial charge in [-0.15, -0.1) is 11.8 Å². The van der Waals surface area contributed by atoms with E-state index in [2.05, 4.69) is 4.36 Å². The van der Waals surface area contributed by atoms with Crippen LogP contribution in [0.25, 0.3) is 0 Å². The van der Waals surface area contributed by atoms with E-state index in [-0.39, 0.29) is 23.0 Å². The number of carboxylic acid groups (broad SMARTS) is 2. The van der Waals surface area contributed by atoms with Gasteiger partial charge in [0.15, 0.2) is 17.5 Å². The van der Waals surface area contributed by atoms with Crippen LogP contribution in [0, 0.1) is 0 Å². The van der Waals surface area contributed by atoms with Crippen LogP contribution in [0.1, 0.15) is 0 Å². The van der Waals surface area contributed by atoms with Gasteiger partial charge in [0.1, 0.15) is 0 Å². The first kappa shape index (κ1) is 12.1. The van der Waals surface area contributed by atoms with Crippen molar-refractivity contribution in [3.05, 3.63) is 0 Å². The van der Waals surface area contributed by atoms with Crippen LogP contribution in [-0.4, -0.2) is 43.9 Å². The van der Waals surface area contributed by atoms with Crippen LogP contribution in [0.15, 0.2) is 4.36 Å². The van der Waals surface area contributed by atoms with Crippen molar-refractivity contribution in [3.8, 4) is 0 Å². The fraction of sp³-hybridized carbons (Fsp3) is 0.600. The lowest BCUT2D eigenvalue weighted by Crippen LogP contribution is -2.20. The second-order valence-electron chi connectivity index (χ2n) is 1.94. The van der Waals surface area contributed by atoms with E-state index in [0.29, 0.717) is 0 Å². The maximum atomic E-state index is 10.4. The number of carboxylic acids is 2. The topological polar surface area (TPSA) is 104 Å². The highest BCUT2D eigenvalue weighted by molar-refractivity contribution is 8.00. The fourth-order valence-corrected chi connectivity index (χ4v) is 1.55. The molecule has 6 nitrogen and oxygen atoms in total. The fourth-order valence-electron chi connectivity index (χ4n) is 0.457. The van der Waals surface area contributed by atoms with Gasteiger partial charge in [-0.3, -0.25) is 4.79 Å². The zero-order valence-electron chi connectivity index (χ0n) is 6.37. The van der Waals surface area contributed by atoms with Gasteiger partial charge < -0.3 is 10.2 Å². The second kappa shape index (κ2) is 6.61. The van der Waals surface area contributed by atoms with Crippen molar-refractivity contribution in [2.45, 2.75) is 6.04 Å². The minimum Gasteiger partial charge on any atom is -0.481 e. The van der Waals surface area contributed by atoms with Crippen molar-refractivity contribution in [2.24, 2.45) is 4.36 Å². The first-order valence-corrected chi connectivity index (χ1v) is 4.94. The Labute approximate surface area is 81.6 Å². The standard InChI is InChI=1S/C5H7NO5S2/c7-4(8)2-12-1-3(5(9)10)6-13-11/h3H,1-2H2,(H,7,8)(H,9,10). The maximum Gasteiger partial charge on any atom is 0.330 e. The van der Waals surface area contributed by atoms with E-state index in [1.807, 2.05) is 0 Å². The highest BCUT2D eigenvalue weighted by Gasteiger charge is 2.16. The third-order valence-electron chi connectivity index (χ3n) is 0.957. The minimum absolute atomic E-state index is 0.00310. The Hall–Kier alpha value is -0.890. The summed E-state index contributed by atoms with van der Waals surface area (Å²) in [6.45, 7) is 0. The third-order valence-corrected chi connectivity index (χ3v) is 2.30. The molecule has 0 aromatic rings. The summed E-state index contributed by atoms with van der Waals surface area (Å²) in [6.07, 6.45) is 0. The molecule has 0 amide bonds. The molecular weight excluding hydrogens is 218 g/mol. The van der Waals surface area contributed by atoms with E-state index in [1.165, 1.54) is 0 Å². The van der Waals surface area contributed by atoms with Gasteiger partial charge in [0.25, 0.3) is 0 Å². The molecule has 0 radical (unpaired) electrons. The molecule has 0 saturated carbocycles. The van der Waals surface area contributed by atoms with E-state index >= 15 is 0 Å². The molecule has 0 rings (SSSR count). The highest BCUT2D eigenvalue weighted by atomic mass is 32.2. The van der Waals surface area contributed by atoms with Gasteiger partial charge in [-0.1, -0.05) is 0 Å².